The highest BCUT2D eigenvalue weighted by atomic mass is 16.3. The quantitative estimate of drug-likeness (QED) is 0.764. The van der Waals surface area contributed by atoms with Gasteiger partial charge in [0.15, 0.2) is 0 Å². The van der Waals surface area contributed by atoms with Crippen molar-refractivity contribution in [3.05, 3.63) is 30.1 Å². The van der Waals surface area contributed by atoms with Crippen molar-refractivity contribution < 1.29 is 5.11 Å². The van der Waals surface area contributed by atoms with Crippen LogP contribution in [0.2, 0.25) is 0 Å². The van der Waals surface area contributed by atoms with Crippen LogP contribution in [0.1, 0.15) is 50.6 Å². The summed E-state index contributed by atoms with van der Waals surface area (Å²) >= 11 is 0. The average molecular weight is 277 g/mol. The molecule has 0 bridgehead atoms. The number of hydrogen-bond acceptors (Lipinski definition) is 4. The fourth-order valence-electron chi connectivity index (χ4n) is 2.98. The fourth-order valence-corrected chi connectivity index (χ4v) is 2.98. The first-order valence-electron chi connectivity index (χ1n) is 7.80. The number of pyridine rings is 1. The number of aliphatic hydroxyl groups excluding tert-OH is 1. The maximum absolute atomic E-state index is 9.17. The van der Waals surface area contributed by atoms with Crippen LogP contribution in [-0.2, 0) is 0 Å². The average Bonchev–Trinajstić information content (AvgIpc) is 2.43. The second-order valence-corrected chi connectivity index (χ2v) is 5.70. The minimum absolute atomic E-state index is 0.110. The molecule has 4 nitrogen and oxygen atoms in total. The van der Waals surface area contributed by atoms with Crippen molar-refractivity contribution in [3.8, 4) is 0 Å². The van der Waals surface area contributed by atoms with Crippen molar-refractivity contribution >= 4 is 0 Å². The van der Waals surface area contributed by atoms with E-state index in [1.807, 2.05) is 12.3 Å². The normalized spacial score (nSPS) is 18.8. The van der Waals surface area contributed by atoms with Gasteiger partial charge in [-0.25, -0.2) is 0 Å². The highest BCUT2D eigenvalue weighted by Gasteiger charge is 2.33. The zero-order valence-electron chi connectivity index (χ0n) is 12.4. The van der Waals surface area contributed by atoms with Crippen molar-refractivity contribution in [2.24, 2.45) is 5.73 Å². The zero-order chi connectivity index (χ0) is 14.4. The lowest BCUT2D eigenvalue weighted by atomic mass is 9.87. The van der Waals surface area contributed by atoms with Crippen LogP contribution >= 0.6 is 0 Å². The zero-order valence-corrected chi connectivity index (χ0v) is 12.4. The molecule has 2 rings (SSSR count). The van der Waals surface area contributed by atoms with E-state index in [1.165, 1.54) is 24.8 Å². The molecule has 20 heavy (non-hydrogen) atoms. The third-order valence-corrected chi connectivity index (χ3v) is 4.38. The van der Waals surface area contributed by atoms with Gasteiger partial charge in [0.05, 0.1) is 6.04 Å². The molecular formula is C16H27N3O. The van der Waals surface area contributed by atoms with Crippen molar-refractivity contribution in [3.63, 3.8) is 0 Å². The molecule has 1 aliphatic carbocycles. The van der Waals surface area contributed by atoms with Gasteiger partial charge in [-0.1, -0.05) is 19.4 Å². The summed E-state index contributed by atoms with van der Waals surface area (Å²) in [5.41, 5.74) is 7.61. The Morgan fingerprint density at radius 3 is 2.80 bits per heavy atom. The summed E-state index contributed by atoms with van der Waals surface area (Å²) in [5, 5.41) is 9.17. The predicted molar refractivity (Wildman–Crippen MR) is 81.3 cm³/mol. The van der Waals surface area contributed by atoms with Gasteiger partial charge < -0.3 is 10.8 Å². The van der Waals surface area contributed by atoms with Crippen LogP contribution < -0.4 is 5.73 Å². The van der Waals surface area contributed by atoms with Gasteiger partial charge in [-0.05, 0) is 37.3 Å². The molecule has 0 aromatic carbocycles. The molecule has 4 heteroatoms. The van der Waals surface area contributed by atoms with E-state index < -0.39 is 0 Å². The Labute approximate surface area is 122 Å². The molecule has 112 valence electrons. The van der Waals surface area contributed by atoms with Crippen LogP contribution in [-0.4, -0.2) is 40.2 Å². The molecule has 1 saturated carbocycles. The van der Waals surface area contributed by atoms with Gasteiger partial charge >= 0.3 is 0 Å². The van der Waals surface area contributed by atoms with Crippen LogP contribution in [0.5, 0.6) is 0 Å². The second-order valence-electron chi connectivity index (χ2n) is 5.70. The van der Waals surface area contributed by atoms with E-state index in [4.69, 9.17) is 10.8 Å². The molecule has 2 atom stereocenters. The highest BCUT2D eigenvalue weighted by Crippen LogP contribution is 2.34. The van der Waals surface area contributed by atoms with Gasteiger partial charge in [0.2, 0.25) is 0 Å². The minimum Gasteiger partial charge on any atom is -0.396 e. The Balaban J connectivity index is 2.21. The van der Waals surface area contributed by atoms with E-state index in [0.29, 0.717) is 6.04 Å². The number of rotatable bonds is 8. The number of aliphatic hydroxyl groups is 1. The van der Waals surface area contributed by atoms with Crippen molar-refractivity contribution in [1.29, 1.82) is 0 Å². The molecule has 1 aliphatic rings. The summed E-state index contributed by atoms with van der Waals surface area (Å²) < 4.78 is 0. The molecule has 0 aliphatic heterocycles. The van der Waals surface area contributed by atoms with Crippen LogP contribution in [0.3, 0.4) is 0 Å². The standard InChI is InChI=1S/C16H27N3O/c1-2-15(17)16(13-6-4-9-18-12-13)19(10-5-11-20)14-7-3-8-14/h4,6,9,12,14-16,20H,2-3,5,7-8,10-11,17H2,1H3. The van der Waals surface area contributed by atoms with E-state index in [1.54, 1.807) is 6.20 Å². The fraction of sp³-hybridized carbons (Fsp3) is 0.688. The van der Waals surface area contributed by atoms with Gasteiger partial charge in [0.25, 0.3) is 0 Å². The molecule has 1 fully saturated rings. The molecule has 0 amide bonds. The number of hydrogen-bond donors (Lipinski definition) is 2. The SMILES string of the molecule is CCC(N)C(c1cccnc1)N(CCCO)C1CCC1. The molecule has 1 aromatic rings. The monoisotopic (exact) mass is 277 g/mol. The van der Waals surface area contributed by atoms with E-state index >= 15 is 0 Å². The lowest BCUT2D eigenvalue weighted by Gasteiger charge is -2.44. The minimum atomic E-state index is 0.110. The highest BCUT2D eigenvalue weighted by molar-refractivity contribution is 5.17. The summed E-state index contributed by atoms with van der Waals surface area (Å²) in [6.07, 6.45) is 9.30. The van der Waals surface area contributed by atoms with Crippen molar-refractivity contribution in [2.75, 3.05) is 13.2 Å². The Kier molecular flexibility index (Phi) is 5.95. The second kappa shape index (κ2) is 7.72. The van der Waals surface area contributed by atoms with Crippen molar-refractivity contribution in [1.82, 2.24) is 9.88 Å². The van der Waals surface area contributed by atoms with E-state index in [-0.39, 0.29) is 18.7 Å². The van der Waals surface area contributed by atoms with E-state index in [2.05, 4.69) is 22.9 Å². The smallest absolute Gasteiger partial charge is 0.0517 e. The number of nitrogens with two attached hydrogens (primary N) is 1. The third kappa shape index (κ3) is 3.57. The molecule has 2 unspecified atom stereocenters. The van der Waals surface area contributed by atoms with Crippen molar-refractivity contribution in [2.45, 2.75) is 57.2 Å². The van der Waals surface area contributed by atoms with Gasteiger partial charge in [-0.15, -0.1) is 0 Å². The first kappa shape index (κ1) is 15.4. The summed E-state index contributed by atoms with van der Waals surface area (Å²) in [6, 6.07) is 5.04. The largest absolute Gasteiger partial charge is 0.396 e. The Bertz CT molecular complexity index is 381. The topological polar surface area (TPSA) is 62.4 Å². The first-order chi connectivity index (χ1) is 9.77. The maximum Gasteiger partial charge on any atom is 0.0517 e. The van der Waals surface area contributed by atoms with Gasteiger partial charge in [-0.3, -0.25) is 9.88 Å². The van der Waals surface area contributed by atoms with E-state index in [9.17, 15) is 0 Å². The summed E-state index contributed by atoms with van der Waals surface area (Å²) in [4.78, 5) is 6.76. The first-order valence-corrected chi connectivity index (χ1v) is 7.80. The van der Waals surface area contributed by atoms with E-state index in [0.717, 1.165) is 19.4 Å². The molecule has 0 spiro atoms. The summed E-state index contributed by atoms with van der Waals surface area (Å²) in [6.45, 7) is 3.29. The lowest BCUT2D eigenvalue weighted by molar-refractivity contribution is 0.0578. The Hall–Kier alpha value is -0.970. The molecule has 1 heterocycles. The van der Waals surface area contributed by atoms with Gasteiger partial charge in [-0.2, -0.15) is 0 Å². The molecule has 0 saturated heterocycles. The molecule has 1 aromatic heterocycles. The van der Waals surface area contributed by atoms with Crippen LogP contribution in [0.25, 0.3) is 0 Å². The van der Waals surface area contributed by atoms with Gasteiger partial charge in [0, 0.05) is 37.6 Å². The predicted octanol–water partition coefficient (Wildman–Crippen LogP) is 2.10. The summed E-state index contributed by atoms with van der Waals surface area (Å²) in [7, 11) is 0. The Morgan fingerprint density at radius 1 is 1.50 bits per heavy atom. The molecule has 0 radical (unpaired) electrons. The molecular weight excluding hydrogens is 250 g/mol. The Morgan fingerprint density at radius 2 is 2.30 bits per heavy atom. The van der Waals surface area contributed by atoms with Crippen LogP contribution in [0.4, 0.5) is 0 Å². The van der Waals surface area contributed by atoms with Gasteiger partial charge in [0.1, 0.15) is 0 Å². The van der Waals surface area contributed by atoms with Crippen LogP contribution in [0.15, 0.2) is 24.5 Å². The number of aromatic nitrogens is 1. The maximum atomic E-state index is 9.17. The lowest BCUT2D eigenvalue weighted by Crippen LogP contribution is -2.49. The van der Waals surface area contributed by atoms with Crippen LogP contribution in [0, 0.1) is 0 Å². The molecule has 3 N–H and O–H groups in total. The third-order valence-electron chi connectivity index (χ3n) is 4.38. The number of nitrogens with zero attached hydrogens (tertiary/aromatic N) is 2. The summed E-state index contributed by atoms with van der Waals surface area (Å²) in [5.74, 6) is 0.